The average Bonchev–Trinajstić information content (AvgIpc) is 3.27. The van der Waals surface area contributed by atoms with E-state index < -0.39 is 0 Å². The van der Waals surface area contributed by atoms with Gasteiger partial charge in [0, 0.05) is 19.6 Å². The lowest BCUT2D eigenvalue weighted by atomic mass is 10.1. The Morgan fingerprint density at radius 1 is 0.397 bits per heavy atom. The van der Waals surface area contributed by atoms with Gasteiger partial charge in [0.05, 0.1) is 12.7 Å². The van der Waals surface area contributed by atoms with Crippen LogP contribution in [0.15, 0.2) is 48.6 Å². The van der Waals surface area contributed by atoms with E-state index in [1.807, 2.05) is 0 Å². The van der Waals surface area contributed by atoms with Crippen molar-refractivity contribution in [1.29, 1.82) is 0 Å². The largest absolute Gasteiger partial charge is 0.391 e. The molecule has 0 radical (unpaired) electrons. The molecule has 4 heteroatoms. The number of aliphatic hydroxyl groups is 1. The van der Waals surface area contributed by atoms with Gasteiger partial charge in [-0.25, -0.2) is 0 Å². The predicted octanol–water partition coefficient (Wildman–Crippen LogP) is 19.5. The molecule has 0 spiro atoms. The third-order valence-corrected chi connectivity index (χ3v) is 11.8. The van der Waals surface area contributed by atoms with E-state index in [1.165, 1.54) is 205 Å². The van der Waals surface area contributed by atoms with Crippen LogP contribution in [0.25, 0.3) is 0 Å². The molecule has 63 heavy (non-hydrogen) atoms. The van der Waals surface area contributed by atoms with Gasteiger partial charge in [0.15, 0.2) is 5.78 Å². The summed E-state index contributed by atoms with van der Waals surface area (Å²) >= 11 is 0. The topological polar surface area (TPSA) is 55.8 Å². The molecule has 1 atom stereocenters. The molecule has 0 aliphatic carbocycles. The minimum atomic E-state index is -0.264. The van der Waals surface area contributed by atoms with Gasteiger partial charge in [-0.3, -0.25) is 4.79 Å². The molecule has 0 fully saturated rings. The summed E-state index contributed by atoms with van der Waals surface area (Å²) in [5.41, 5.74) is 0. The van der Waals surface area contributed by atoms with Gasteiger partial charge in [-0.05, 0) is 89.9 Å². The SMILES string of the molecule is C.CCCCC/C=C\C/C=C\CCCCCCCCOCC(=O)CCCCCCCCC.CCCCC/C=C\C/C=C\CCCCCCCCOC[C@H](O)CCCCCCCCC. The molecule has 0 heterocycles. The second-order valence-electron chi connectivity index (χ2n) is 18.3. The summed E-state index contributed by atoms with van der Waals surface area (Å²) in [5.74, 6) is 0.286. The van der Waals surface area contributed by atoms with Crippen LogP contribution in [0.3, 0.4) is 0 Å². The highest BCUT2D eigenvalue weighted by Crippen LogP contribution is 2.13. The molecule has 0 aliphatic heterocycles. The number of carbonyl (C=O) groups excluding carboxylic acids is 1. The molecule has 4 nitrogen and oxygen atoms in total. The van der Waals surface area contributed by atoms with Crippen molar-refractivity contribution in [2.45, 2.75) is 298 Å². The van der Waals surface area contributed by atoms with Crippen LogP contribution in [0, 0.1) is 0 Å². The molecule has 0 unspecified atom stereocenters. The van der Waals surface area contributed by atoms with E-state index in [9.17, 15) is 9.90 Å². The van der Waals surface area contributed by atoms with Crippen molar-refractivity contribution in [2.24, 2.45) is 0 Å². The first kappa shape index (κ1) is 65.8. The molecule has 0 aromatic rings. The highest BCUT2D eigenvalue weighted by Gasteiger charge is 2.05. The van der Waals surface area contributed by atoms with Crippen LogP contribution in [0.5, 0.6) is 0 Å². The van der Waals surface area contributed by atoms with E-state index in [0.29, 0.717) is 19.6 Å². The lowest BCUT2D eigenvalue weighted by Gasteiger charge is -2.11. The smallest absolute Gasteiger partial charge is 0.158 e. The third-order valence-electron chi connectivity index (χ3n) is 11.8. The van der Waals surface area contributed by atoms with Crippen molar-refractivity contribution < 1.29 is 19.4 Å². The lowest BCUT2D eigenvalue weighted by molar-refractivity contribution is -0.123. The van der Waals surface area contributed by atoms with Crippen LogP contribution >= 0.6 is 0 Å². The van der Waals surface area contributed by atoms with Crippen molar-refractivity contribution in [3.63, 3.8) is 0 Å². The molecule has 1 N–H and O–H groups in total. The third kappa shape index (κ3) is 64.9. The maximum absolute atomic E-state index is 11.8. The van der Waals surface area contributed by atoms with Gasteiger partial charge < -0.3 is 14.6 Å². The molecule has 0 saturated heterocycles. The van der Waals surface area contributed by atoms with Gasteiger partial charge in [-0.2, -0.15) is 0 Å². The predicted molar refractivity (Wildman–Crippen MR) is 283 cm³/mol. The molecule has 0 bridgehead atoms. The van der Waals surface area contributed by atoms with Crippen molar-refractivity contribution >= 4 is 5.78 Å². The minimum absolute atomic E-state index is 0. The van der Waals surface area contributed by atoms with Crippen LogP contribution in [-0.2, 0) is 14.3 Å². The summed E-state index contributed by atoms with van der Waals surface area (Å²) in [6, 6.07) is 0. The number of hydrogen-bond acceptors (Lipinski definition) is 4. The fourth-order valence-electron chi connectivity index (χ4n) is 7.56. The number of aliphatic hydroxyl groups excluding tert-OH is 1. The van der Waals surface area contributed by atoms with E-state index in [-0.39, 0.29) is 19.3 Å². The van der Waals surface area contributed by atoms with E-state index >= 15 is 0 Å². The number of hydrogen-bond donors (Lipinski definition) is 1. The molecule has 0 rings (SSSR count). The Morgan fingerprint density at radius 3 is 1.14 bits per heavy atom. The molecule has 0 aromatic heterocycles. The number of ether oxygens (including phenoxy) is 2. The monoisotopic (exact) mass is 887 g/mol. The Kier molecular flexibility index (Phi) is 65.4. The van der Waals surface area contributed by atoms with Crippen molar-refractivity contribution in [2.75, 3.05) is 26.4 Å². The zero-order valence-corrected chi connectivity index (χ0v) is 42.5. The summed E-state index contributed by atoms with van der Waals surface area (Å²) < 4.78 is 11.2. The van der Waals surface area contributed by atoms with Gasteiger partial charge in [-0.1, -0.05) is 244 Å². The van der Waals surface area contributed by atoms with Crippen molar-refractivity contribution in [3.8, 4) is 0 Å². The Balaban J connectivity index is -0.00000112. The van der Waals surface area contributed by atoms with Gasteiger partial charge in [-0.15, -0.1) is 0 Å². The van der Waals surface area contributed by atoms with Crippen LogP contribution in [-0.4, -0.2) is 43.4 Å². The van der Waals surface area contributed by atoms with Crippen LogP contribution in [0.4, 0.5) is 0 Å². The van der Waals surface area contributed by atoms with E-state index in [2.05, 4.69) is 76.3 Å². The summed E-state index contributed by atoms with van der Waals surface area (Å²) in [6.07, 6.45) is 68.3. The summed E-state index contributed by atoms with van der Waals surface area (Å²) in [5, 5.41) is 9.99. The number of allylic oxidation sites excluding steroid dienone is 8. The molecule has 0 aliphatic rings. The van der Waals surface area contributed by atoms with E-state index in [0.717, 1.165) is 58.2 Å². The van der Waals surface area contributed by atoms with Gasteiger partial charge in [0.25, 0.3) is 0 Å². The van der Waals surface area contributed by atoms with Gasteiger partial charge in [0.1, 0.15) is 6.61 Å². The maximum atomic E-state index is 11.8. The number of unbranched alkanes of at least 4 members (excludes halogenated alkanes) is 30. The van der Waals surface area contributed by atoms with Gasteiger partial charge >= 0.3 is 0 Å². The molecule has 0 aromatic carbocycles. The molecule has 0 amide bonds. The number of ketones is 1. The molecular formula is C59H114O4. The average molecular weight is 888 g/mol. The normalized spacial score (nSPS) is 12.2. The Labute approximate surface area is 396 Å². The first-order chi connectivity index (χ1) is 30.6. The number of carbonyl (C=O) groups is 1. The lowest BCUT2D eigenvalue weighted by Crippen LogP contribution is -2.15. The van der Waals surface area contributed by atoms with Gasteiger partial charge in [0.2, 0.25) is 0 Å². The first-order valence-electron chi connectivity index (χ1n) is 27.6. The van der Waals surface area contributed by atoms with Crippen LogP contribution < -0.4 is 0 Å². The fraction of sp³-hybridized carbons (Fsp3) is 0.847. The molecule has 0 saturated carbocycles. The molecular weight excluding hydrogens is 773 g/mol. The number of rotatable bonds is 50. The zero-order valence-electron chi connectivity index (χ0n) is 42.5. The fourth-order valence-corrected chi connectivity index (χ4v) is 7.56. The summed E-state index contributed by atoms with van der Waals surface area (Å²) in [4.78, 5) is 11.8. The molecule has 374 valence electrons. The van der Waals surface area contributed by atoms with Crippen LogP contribution in [0.2, 0.25) is 0 Å². The van der Waals surface area contributed by atoms with Crippen molar-refractivity contribution in [1.82, 2.24) is 0 Å². The van der Waals surface area contributed by atoms with Crippen LogP contribution in [0.1, 0.15) is 292 Å². The zero-order chi connectivity index (χ0) is 45.3. The summed E-state index contributed by atoms with van der Waals surface area (Å²) in [7, 11) is 0. The Bertz CT molecular complexity index is 936. The second kappa shape index (κ2) is 62.6. The first-order valence-corrected chi connectivity index (χ1v) is 27.6. The van der Waals surface area contributed by atoms with E-state index in [4.69, 9.17) is 9.47 Å². The second-order valence-corrected chi connectivity index (χ2v) is 18.3. The highest BCUT2D eigenvalue weighted by atomic mass is 16.5. The Hall–Kier alpha value is -1.49. The van der Waals surface area contributed by atoms with E-state index in [1.54, 1.807) is 0 Å². The minimum Gasteiger partial charge on any atom is -0.391 e. The quantitative estimate of drug-likeness (QED) is 0.0488. The van der Waals surface area contributed by atoms with Crippen molar-refractivity contribution in [3.05, 3.63) is 48.6 Å². The highest BCUT2D eigenvalue weighted by molar-refractivity contribution is 5.79. The standard InChI is InChI=1S/C29H56O2.C29H54O2.CH4/c2*1-3-5-7-9-11-12-13-14-15-16-17-18-19-21-23-25-27-31-28-29(30)26-24-22-20-10-8-6-4-2;/h11-12,14-15,29-30H,3-10,13,16-28H2,1-2H3;11-12,14-15H,3-10,13,16-28H2,1-2H3;1H4/b2*12-11-,15-14-;/t29-;;/m1../s1. The Morgan fingerprint density at radius 2 is 0.714 bits per heavy atom. The summed E-state index contributed by atoms with van der Waals surface area (Å²) in [6.45, 7) is 11.4. The number of Topliss-reactive ketones (excluding diaryl/α,β-unsaturated/α-hetero) is 1. The maximum Gasteiger partial charge on any atom is 0.158 e.